The van der Waals surface area contributed by atoms with Gasteiger partial charge >= 0.3 is 0 Å². The number of nitrogens with one attached hydrogen (secondary N) is 1. The monoisotopic (exact) mass is 499 g/mol. The lowest BCUT2D eigenvalue weighted by Gasteiger charge is -2.42. The molecule has 1 N–H and O–H groups in total. The minimum Gasteiger partial charge on any atom is -0.363 e. The molecule has 2 heterocycles. The van der Waals surface area contributed by atoms with Crippen molar-refractivity contribution < 1.29 is 13.2 Å². The SMILES string of the molecule is CC1(C)C2CCC1(CS(=O)(=O)N1CCC(N3c4ccccc4NC3CC3CCCC3)CC1)C(=O)C2. The second kappa shape index (κ2) is 8.47. The van der Waals surface area contributed by atoms with Gasteiger partial charge in [0.15, 0.2) is 0 Å². The molecule has 0 aromatic heterocycles. The molecule has 4 fully saturated rings. The van der Waals surface area contributed by atoms with Crippen molar-refractivity contribution >= 4 is 27.2 Å². The predicted molar refractivity (Wildman–Crippen MR) is 140 cm³/mol. The first-order chi connectivity index (χ1) is 16.7. The number of hydrogen-bond donors (Lipinski definition) is 1. The fraction of sp³-hybridized carbons (Fsp3) is 0.750. The Kier molecular flexibility index (Phi) is 5.76. The Morgan fingerprint density at radius 3 is 2.40 bits per heavy atom. The number of hydrogen-bond acceptors (Lipinski definition) is 5. The first kappa shape index (κ1) is 23.8. The largest absolute Gasteiger partial charge is 0.363 e. The number of sulfonamides is 1. The lowest BCUT2D eigenvalue weighted by molar-refractivity contribution is -0.128. The van der Waals surface area contributed by atoms with Crippen LogP contribution in [0.5, 0.6) is 0 Å². The summed E-state index contributed by atoms with van der Waals surface area (Å²) in [5.41, 5.74) is 1.58. The normalized spacial score (nSPS) is 33.4. The van der Waals surface area contributed by atoms with Crippen molar-refractivity contribution in [2.45, 2.75) is 90.3 Å². The van der Waals surface area contributed by atoms with Crippen molar-refractivity contribution in [3.8, 4) is 0 Å². The summed E-state index contributed by atoms with van der Waals surface area (Å²) >= 11 is 0. The van der Waals surface area contributed by atoms with Gasteiger partial charge in [-0.25, -0.2) is 12.7 Å². The molecule has 0 spiro atoms. The summed E-state index contributed by atoms with van der Waals surface area (Å²) in [5.74, 6) is 1.32. The maximum atomic E-state index is 13.6. The Morgan fingerprint density at radius 2 is 1.74 bits per heavy atom. The van der Waals surface area contributed by atoms with Gasteiger partial charge in [-0.2, -0.15) is 0 Å². The predicted octanol–water partition coefficient (Wildman–Crippen LogP) is 5.01. The maximum absolute atomic E-state index is 13.6. The highest BCUT2D eigenvalue weighted by Gasteiger charge is 2.65. The Hall–Kier alpha value is -1.60. The van der Waals surface area contributed by atoms with E-state index in [4.69, 9.17) is 0 Å². The Balaban J connectivity index is 1.16. The van der Waals surface area contributed by atoms with Crippen molar-refractivity contribution in [2.24, 2.45) is 22.7 Å². The van der Waals surface area contributed by atoms with Gasteiger partial charge in [-0.15, -0.1) is 0 Å². The highest BCUT2D eigenvalue weighted by Crippen LogP contribution is 2.64. The minimum absolute atomic E-state index is 0.00537. The fourth-order valence-corrected chi connectivity index (χ4v) is 10.6. The van der Waals surface area contributed by atoms with Gasteiger partial charge in [0.1, 0.15) is 5.78 Å². The smallest absolute Gasteiger partial charge is 0.215 e. The quantitative estimate of drug-likeness (QED) is 0.596. The molecule has 3 aliphatic carbocycles. The Labute approximate surface area is 210 Å². The number of benzene rings is 1. The van der Waals surface area contributed by atoms with Crippen molar-refractivity contribution in [1.29, 1.82) is 0 Å². The van der Waals surface area contributed by atoms with Crippen LogP contribution in [0.4, 0.5) is 11.4 Å². The second-order valence-corrected chi connectivity index (χ2v) is 14.5. The van der Waals surface area contributed by atoms with E-state index in [9.17, 15) is 13.2 Å². The maximum Gasteiger partial charge on any atom is 0.215 e. The van der Waals surface area contributed by atoms with Crippen LogP contribution in [-0.4, -0.2) is 49.6 Å². The van der Waals surface area contributed by atoms with Gasteiger partial charge in [0.25, 0.3) is 0 Å². The molecule has 0 amide bonds. The summed E-state index contributed by atoms with van der Waals surface area (Å²) in [6, 6.07) is 8.92. The zero-order chi connectivity index (χ0) is 24.4. The minimum atomic E-state index is -3.48. The molecule has 3 saturated carbocycles. The number of fused-ring (bicyclic) bond motifs is 3. The molecule has 5 aliphatic rings. The van der Waals surface area contributed by atoms with Crippen LogP contribution >= 0.6 is 0 Å². The highest BCUT2D eigenvalue weighted by molar-refractivity contribution is 7.89. The number of ketones is 1. The molecule has 3 unspecified atom stereocenters. The van der Waals surface area contributed by atoms with Crippen LogP contribution in [0.25, 0.3) is 0 Å². The van der Waals surface area contributed by atoms with E-state index < -0.39 is 15.4 Å². The number of carbonyl (C=O) groups excluding carboxylic acids is 1. The molecule has 35 heavy (non-hydrogen) atoms. The van der Waals surface area contributed by atoms with Gasteiger partial charge in [-0.3, -0.25) is 4.79 Å². The van der Waals surface area contributed by atoms with Gasteiger partial charge in [0.05, 0.1) is 23.3 Å². The van der Waals surface area contributed by atoms with E-state index in [1.807, 2.05) is 0 Å². The molecule has 192 valence electrons. The topological polar surface area (TPSA) is 69.7 Å². The van der Waals surface area contributed by atoms with Crippen LogP contribution in [0.2, 0.25) is 0 Å². The third-order valence-electron chi connectivity index (χ3n) is 10.6. The lowest BCUT2D eigenvalue weighted by Crippen LogP contribution is -2.53. The summed E-state index contributed by atoms with van der Waals surface area (Å²) in [5, 5.41) is 3.79. The number of piperidine rings is 1. The van der Waals surface area contributed by atoms with Crippen LogP contribution in [0.3, 0.4) is 0 Å². The molecule has 2 aliphatic heterocycles. The van der Waals surface area contributed by atoms with Crippen LogP contribution in [0.15, 0.2) is 24.3 Å². The molecular formula is C28H41N3O3S. The van der Waals surface area contributed by atoms with Gasteiger partial charge in [0, 0.05) is 31.0 Å². The van der Waals surface area contributed by atoms with E-state index in [1.54, 1.807) is 4.31 Å². The molecule has 1 saturated heterocycles. The standard InChI is InChI=1S/C28H41N3O3S/c1-27(2)21-11-14-28(27,25(32)18-21)19-35(33,34)30-15-12-22(13-16-30)31-24-10-6-5-9-23(24)29-26(31)17-20-7-3-4-8-20/h5-6,9-10,20-22,26,29H,3-4,7-8,11-19H2,1-2H3. The summed E-state index contributed by atoms with van der Waals surface area (Å²) < 4.78 is 29.0. The number of nitrogens with zero attached hydrogens (tertiary/aromatic N) is 2. The number of rotatable bonds is 6. The van der Waals surface area contributed by atoms with Crippen LogP contribution < -0.4 is 10.2 Å². The van der Waals surface area contributed by atoms with Crippen LogP contribution in [-0.2, 0) is 14.8 Å². The number of carbonyl (C=O) groups is 1. The first-order valence-corrected chi connectivity index (χ1v) is 15.5. The molecule has 2 bridgehead atoms. The molecule has 3 atom stereocenters. The van der Waals surface area contributed by atoms with E-state index in [1.165, 1.54) is 37.1 Å². The first-order valence-electron chi connectivity index (χ1n) is 13.9. The van der Waals surface area contributed by atoms with Gasteiger partial charge in [-0.1, -0.05) is 51.7 Å². The summed E-state index contributed by atoms with van der Waals surface area (Å²) in [7, 11) is -3.48. The third-order valence-corrected chi connectivity index (χ3v) is 12.7. The van der Waals surface area contributed by atoms with Crippen molar-refractivity contribution in [2.75, 3.05) is 29.1 Å². The fourth-order valence-electron chi connectivity index (χ4n) is 8.33. The number of Topliss-reactive ketones (excluding diaryl/α,β-unsaturated/α-hetero) is 1. The van der Waals surface area contributed by atoms with Crippen LogP contribution in [0.1, 0.15) is 78.1 Å². The number of anilines is 2. The average molecular weight is 500 g/mol. The van der Waals surface area contributed by atoms with Gasteiger partial charge in [0.2, 0.25) is 10.0 Å². The van der Waals surface area contributed by atoms with Crippen LogP contribution in [0, 0.1) is 22.7 Å². The molecule has 0 radical (unpaired) electrons. The molecular weight excluding hydrogens is 458 g/mol. The molecule has 6 nitrogen and oxygen atoms in total. The van der Waals surface area contributed by atoms with Gasteiger partial charge in [-0.05, 0) is 61.5 Å². The summed E-state index contributed by atoms with van der Waals surface area (Å²) in [6.45, 7) is 5.35. The zero-order valence-corrected chi connectivity index (χ0v) is 22.2. The highest BCUT2D eigenvalue weighted by atomic mass is 32.2. The van der Waals surface area contributed by atoms with Crippen molar-refractivity contribution in [3.05, 3.63) is 24.3 Å². The molecule has 7 heteroatoms. The van der Waals surface area contributed by atoms with E-state index in [2.05, 4.69) is 48.3 Å². The van der Waals surface area contributed by atoms with E-state index in [-0.39, 0.29) is 17.0 Å². The van der Waals surface area contributed by atoms with Crippen molar-refractivity contribution in [3.63, 3.8) is 0 Å². The third kappa shape index (κ3) is 3.75. The summed E-state index contributed by atoms with van der Waals surface area (Å²) in [6.07, 6.45) is 10.8. The molecule has 6 rings (SSSR count). The number of para-hydroxylation sites is 2. The Bertz CT molecular complexity index is 1090. The second-order valence-electron chi connectivity index (χ2n) is 12.5. The molecule has 1 aromatic carbocycles. The lowest BCUT2D eigenvalue weighted by atomic mass is 9.70. The van der Waals surface area contributed by atoms with Crippen molar-refractivity contribution in [1.82, 2.24) is 4.31 Å². The summed E-state index contributed by atoms with van der Waals surface area (Å²) in [4.78, 5) is 15.5. The molecule has 1 aromatic rings. The van der Waals surface area contributed by atoms with E-state index in [0.29, 0.717) is 37.6 Å². The van der Waals surface area contributed by atoms with Gasteiger partial charge < -0.3 is 10.2 Å². The average Bonchev–Trinajstić information content (AvgIpc) is 3.56. The van der Waals surface area contributed by atoms with E-state index in [0.717, 1.165) is 38.0 Å². The zero-order valence-electron chi connectivity index (χ0n) is 21.3. The van der Waals surface area contributed by atoms with E-state index >= 15 is 0 Å². The Morgan fingerprint density at radius 1 is 1.03 bits per heavy atom.